The van der Waals surface area contributed by atoms with Crippen molar-refractivity contribution in [2.45, 2.75) is 26.8 Å². The molecule has 2 aromatic heterocycles. The van der Waals surface area contributed by atoms with E-state index in [1.807, 2.05) is 44.0 Å². The summed E-state index contributed by atoms with van der Waals surface area (Å²) >= 11 is 0. The van der Waals surface area contributed by atoms with E-state index >= 15 is 0 Å². The van der Waals surface area contributed by atoms with Gasteiger partial charge < -0.3 is 9.42 Å². The van der Waals surface area contributed by atoms with Gasteiger partial charge in [0.15, 0.2) is 5.69 Å². The number of halogens is 1. The number of rotatable bonds is 3. The minimum atomic E-state index is -0.371. The fourth-order valence-electron chi connectivity index (χ4n) is 4.06. The molecule has 2 aromatic carbocycles. The molecule has 1 amide bonds. The molecule has 4 aromatic rings. The van der Waals surface area contributed by atoms with E-state index in [1.54, 1.807) is 16.8 Å². The summed E-state index contributed by atoms with van der Waals surface area (Å²) in [5.41, 5.74) is 5.92. The number of carbonyl (C=O) groups excluding carboxylic acids is 1. The smallest absolute Gasteiger partial charge is 0.279 e. The van der Waals surface area contributed by atoms with E-state index in [-0.39, 0.29) is 23.4 Å². The number of fused-ring (bicyclic) bond motifs is 1. The van der Waals surface area contributed by atoms with Gasteiger partial charge in [0.25, 0.3) is 11.8 Å². The number of aryl methyl sites for hydroxylation is 3. The van der Waals surface area contributed by atoms with Crippen molar-refractivity contribution in [3.05, 3.63) is 76.2 Å². The van der Waals surface area contributed by atoms with Gasteiger partial charge in [-0.1, -0.05) is 23.4 Å². The molecule has 0 saturated carbocycles. The summed E-state index contributed by atoms with van der Waals surface area (Å²) in [6, 6.07) is 11.8. The number of nitrogens with zero attached hydrogens (tertiary/aromatic N) is 5. The Kier molecular flexibility index (Phi) is 4.84. The fraction of sp³-hybridized carbons (Fsp3) is 0.250. The highest BCUT2D eigenvalue weighted by molar-refractivity contribution is 5.94. The zero-order chi connectivity index (χ0) is 22.4. The predicted octanol–water partition coefficient (Wildman–Crippen LogP) is 4.09. The van der Waals surface area contributed by atoms with Gasteiger partial charge in [0.05, 0.1) is 6.54 Å². The number of aromatic nitrogens is 4. The Morgan fingerprint density at radius 3 is 2.75 bits per heavy atom. The molecule has 0 spiro atoms. The number of amides is 1. The number of benzene rings is 2. The first-order valence-electron chi connectivity index (χ1n) is 10.4. The molecule has 0 N–H and O–H groups in total. The van der Waals surface area contributed by atoms with Crippen LogP contribution in [0, 0.1) is 19.7 Å². The molecule has 0 saturated heterocycles. The molecule has 0 fully saturated rings. The standard InChI is InChI=1S/C24H22FN5O2/c1-14-7-8-17(11-15(14)2)24(31)30-10-9-20-19(13-30)21(27-29(20)3)23-26-22(28-32-23)16-5-4-6-18(25)12-16/h4-8,11-12H,9-10,13H2,1-3H3. The zero-order valence-corrected chi connectivity index (χ0v) is 18.1. The van der Waals surface area contributed by atoms with Crippen LogP contribution in [0.25, 0.3) is 23.0 Å². The zero-order valence-electron chi connectivity index (χ0n) is 18.1. The van der Waals surface area contributed by atoms with Gasteiger partial charge in [-0.05, 0) is 49.2 Å². The Hall–Kier alpha value is -3.81. The van der Waals surface area contributed by atoms with E-state index in [0.29, 0.717) is 36.3 Å². The third kappa shape index (κ3) is 3.47. The highest BCUT2D eigenvalue weighted by atomic mass is 19.1. The van der Waals surface area contributed by atoms with Gasteiger partial charge in [-0.25, -0.2) is 4.39 Å². The molecule has 32 heavy (non-hydrogen) atoms. The summed E-state index contributed by atoms with van der Waals surface area (Å²) in [6.45, 7) is 5.05. The van der Waals surface area contributed by atoms with Crippen LogP contribution in [0.3, 0.4) is 0 Å². The van der Waals surface area contributed by atoms with Crippen LogP contribution in [-0.2, 0) is 20.0 Å². The molecule has 3 heterocycles. The Morgan fingerprint density at radius 1 is 1.12 bits per heavy atom. The number of hydrogen-bond acceptors (Lipinski definition) is 5. The van der Waals surface area contributed by atoms with Crippen molar-refractivity contribution in [1.29, 1.82) is 0 Å². The minimum absolute atomic E-state index is 0.0143. The Balaban J connectivity index is 1.46. The van der Waals surface area contributed by atoms with Gasteiger partial charge in [-0.3, -0.25) is 9.48 Å². The second-order valence-corrected chi connectivity index (χ2v) is 8.11. The molecular weight excluding hydrogens is 409 g/mol. The molecule has 8 heteroatoms. The molecule has 0 unspecified atom stereocenters. The maximum Gasteiger partial charge on any atom is 0.279 e. The molecule has 1 aliphatic rings. The molecular formula is C24H22FN5O2. The van der Waals surface area contributed by atoms with E-state index in [2.05, 4.69) is 15.2 Å². The summed E-state index contributed by atoms with van der Waals surface area (Å²) < 4.78 is 20.8. The maximum absolute atomic E-state index is 13.6. The quantitative estimate of drug-likeness (QED) is 0.488. The van der Waals surface area contributed by atoms with Crippen molar-refractivity contribution >= 4 is 5.91 Å². The second-order valence-electron chi connectivity index (χ2n) is 8.11. The molecule has 0 radical (unpaired) electrons. The summed E-state index contributed by atoms with van der Waals surface area (Å²) in [5.74, 6) is 0.156. The van der Waals surface area contributed by atoms with E-state index in [0.717, 1.165) is 22.4 Å². The van der Waals surface area contributed by atoms with Gasteiger partial charge in [-0.2, -0.15) is 10.1 Å². The van der Waals surface area contributed by atoms with Crippen molar-refractivity contribution in [2.24, 2.45) is 7.05 Å². The first kappa shape index (κ1) is 20.1. The average Bonchev–Trinajstić information content (AvgIpc) is 3.40. The van der Waals surface area contributed by atoms with Gasteiger partial charge in [0, 0.05) is 42.4 Å². The lowest BCUT2D eigenvalue weighted by Crippen LogP contribution is -2.36. The SMILES string of the molecule is Cc1ccc(C(=O)N2CCc3c(c(-c4nc(-c5cccc(F)c5)no4)nn3C)C2)cc1C. The van der Waals surface area contributed by atoms with E-state index < -0.39 is 0 Å². The monoisotopic (exact) mass is 431 g/mol. The first-order chi connectivity index (χ1) is 15.4. The summed E-state index contributed by atoms with van der Waals surface area (Å²) in [4.78, 5) is 19.4. The highest BCUT2D eigenvalue weighted by Crippen LogP contribution is 2.31. The largest absolute Gasteiger partial charge is 0.334 e. The van der Waals surface area contributed by atoms with E-state index in [9.17, 15) is 9.18 Å². The fourth-order valence-corrected chi connectivity index (χ4v) is 4.06. The normalized spacial score (nSPS) is 13.3. The van der Waals surface area contributed by atoms with Gasteiger partial charge >= 0.3 is 0 Å². The second kappa shape index (κ2) is 7.71. The van der Waals surface area contributed by atoms with Crippen molar-refractivity contribution in [1.82, 2.24) is 24.8 Å². The predicted molar refractivity (Wildman–Crippen MR) is 116 cm³/mol. The number of carbonyl (C=O) groups is 1. The van der Waals surface area contributed by atoms with Crippen LogP contribution in [0.5, 0.6) is 0 Å². The molecule has 0 aliphatic carbocycles. The summed E-state index contributed by atoms with van der Waals surface area (Å²) in [7, 11) is 1.87. The molecule has 162 valence electrons. The van der Waals surface area contributed by atoms with E-state index in [4.69, 9.17) is 4.52 Å². The maximum atomic E-state index is 13.6. The van der Waals surface area contributed by atoms with Gasteiger partial charge in [0.1, 0.15) is 5.82 Å². The molecule has 7 nitrogen and oxygen atoms in total. The van der Waals surface area contributed by atoms with Crippen LogP contribution in [0.15, 0.2) is 47.0 Å². The third-order valence-corrected chi connectivity index (χ3v) is 5.99. The summed E-state index contributed by atoms with van der Waals surface area (Å²) in [6.07, 6.45) is 0.681. The first-order valence-corrected chi connectivity index (χ1v) is 10.4. The van der Waals surface area contributed by atoms with Crippen LogP contribution in [-0.4, -0.2) is 37.3 Å². The lowest BCUT2D eigenvalue weighted by Gasteiger charge is -2.27. The van der Waals surface area contributed by atoms with E-state index in [1.165, 1.54) is 12.1 Å². The van der Waals surface area contributed by atoms with Crippen molar-refractivity contribution in [2.75, 3.05) is 6.54 Å². The van der Waals surface area contributed by atoms with Crippen molar-refractivity contribution < 1.29 is 13.7 Å². The van der Waals surface area contributed by atoms with Gasteiger partial charge in [-0.15, -0.1) is 0 Å². The molecule has 0 atom stereocenters. The lowest BCUT2D eigenvalue weighted by molar-refractivity contribution is 0.0733. The Morgan fingerprint density at radius 2 is 1.97 bits per heavy atom. The van der Waals surface area contributed by atoms with Crippen LogP contribution in [0.4, 0.5) is 4.39 Å². The lowest BCUT2D eigenvalue weighted by atomic mass is 10.0. The Bertz CT molecular complexity index is 1340. The minimum Gasteiger partial charge on any atom is -0.334 e. The number of hydrogen-bond donors (Lipinski definition) is 0. The molecule has 5 rings (SSSR count). The average molecular weight is 431 g/mol. The van der Waals surface area contributed by atoms with Crippen LogP contribution < -0.4 is 0 Å². The van der Waals surface area contributed by atoms with Crippen LogP contribution >= 0.6 is 0 Å². The van der Waals surface area contributed by atoms with Gasteiger partial charge in [0.2, 0.25) is 5.82 Å². The molecule has 1 aliphatic heterocycles. The van der Waals surface area contributed by atoms with Crippen molar-refractivity contribution in [3.8, 4) is 23.0 Å². The summed E-state index contributed by atoms with van der Waals surface area (Å²) in [5, 5.41) is 8.59. The Labute approximate surface area is 184 Å². The van der Waals surface area contributed by atoms with Crippen molar-refractivity contribution in [3.63, 3.8) is 0 Å². The van der Waals surface area contributed by atoms with Crippen LogP contribution in [0.2, 0.25) is 0 Å². The highest BCUT2D eigenvalue weighted by Gasteiger charge is 2.30. The van der Waals surface area contributed by atoms with Crippen LogP contribution in [0.1, 0.15) is 32.7 Å². The molecule has 0 bridgehead atoms. The third-order valence-electron chi connectivity index (χ3n) is 5.99. The topological polar surface area (TPSA) is 77.1 Å².